The first-order valence-electron chi connectivity index (χ1n) is 6.29. The van der Waals surface area contributed by atoms with Gasteiger partial charge in [0.2, 0.25) is 5.95 Å². The van der Waals surface area contributed by atoms with Crippen LogP contribution in [0.15, 0.2) is 12.4 Å². The second kappa shape index (κ2) is 7.58. The zero-order chi connectivity index (χ0) is 14.3. The number of hydrogen-bond acceptors (Lipinski definition) is 6. The van der Waals surface area contributed by atoms with Crippen molar-refractivity contribution in [2.24, 2.45) is 0 Å². The normalized spacial score (nSPS) is 11.9. The monoisotopic (exact) mass is 264 g/mol. The Balaban J connectivity index is 2.33. The number of carbonyl (C=O) groups excluding carboxylic acids is 2. The van der Waals surface area contributed by atoms with E-state index in [1.165, 1.54) is 19.3 Å². The molecule has 6 nitrogen and oxygen atoms in total. The van der Waals surface area contributed by atoms with Crippen molar-refractivity contribution in [1.82, 2.24) is 15.3 Å². The maximum Gasteiger partial charge on any atom is 0.222 e. The van der Waals surface area contributed by atoms with E-state index in [9.17, 15) is 9.59 Å². The highest BCUT2D eigenvalue weighted by Gasteiger charge is 2.10. The van der Waals surface area contributed by atoms with Gasteiger partial charge in [0.15, 0.2) is 5.78 Å². The fourth-order valence-electron chi connectivity index (χ4n) is 1.66. The molecule has 19 heavy (non-hydrogen) atoms. The number of ketones is 2. The van der Waals surface area contributed by atoms with Crippen LogP contribution in [-0.2, 0) is 4.79 Å². The first kappa shape index (κ1) is 15.2. The van der Waals surface area contributed by atoms with E-state index in [-0.39, 0.29) is 17.6 Å². The number of nitrogens with one attached hydrogen (secondary N) is 2. The molecule has 1 aromatic heterocycles. The Morgan fingerprint density at radius 3 is 2.37 bits per heavy atom. The lowest BCUT2D eigenvalue weighted by molar-refractivity contribution is -0.119. The summed E-state index contributed by atoms with van der Waals surface area (Å²) in [5.74, 6) is 0.586. The van der Waals surface area contributed by atoms with Crippen LogP contribution in [-0.4, -0.2) is 41.2 Å². The Hall–Kier alpha value is -1.82. The van der Waals surface area contributed by atoms with E-state index in [2.05, 4.69) is 20.6 Å². The second-order valence-electron chi connectivity index (χ2n) is 4.37. The van der Waals surface area contributed by atoms with E-state index >= 15 is 0 Å². The molecule has 0 aliphatic carbocycles. The number of carbonyl (C=O) groups is 2. The maximum atomic E-state index is 11.2. The molecule has 0 radical (unpaired) electrons. The van der Waals surface area contributed by atoms with Gasteiger partial charge in [-0.25, -0.2) is 9.97 Å². The number of anilines is 1. The Morgan fingerprint density at radius 2 is 1.89 bits per heavy atom. The third kappa shape index (κ3) is 5.13. The van der Waals surface area contributed by atoms with Crippen LogP contribution in [0.4, 0.5) is 5.95 Å². The molecule has 6 heteroatoms. The van der Waals surface area contributed by atoms with E-state index in [0.717, 1.165) is 12.8 Å². The van der Waals surface area contributed by atoms with Gasteiger partial charge in [0.05, 0.1) is 11.6 Å². The molecule has 0 aliphatic rings. The summed E-state index contributed by atoms with van der Waals surface area (Å²) < 4.78 is 0. The third-order valence-corrected chi connectivity index (χ3v) is 2.85. The van der Waals surface area contributed by atoms with E-state index in [0.29, 0.717) is 18.1 Å². The molecule has 0 saturated carbocycles. The summed E-state index contributed by atoms with van der Waals surface area (Å²) in [6.07, 6.45) is 4.61. The standard InChI is InChI=1S/C13H20N4O2/c1-9(18)11-7-16-13(17-8-11)15-6-4-5-12(14-3)10(2)19/h7-8,12,14H,4-6H2,1-3H3,(H,15,16,17). The number of nitrogens with zero attached hydrogens (tertiary/aromatic N) is 2. The molecule has 1 heterocycles. The number of hydrogen-bond donors (Lipinski definition) is 2. The summed E-state index contributed by atoms with van der Waals surface area (Å²) in [5.41, 5.74) is 0.498. The summed E-state index contributed by atoms with van der Waals surface area (Å²) in [7, 11) is 1.78. The fraction of sp³-hybridized carbons (Fsp3) is 0.538. The molecule has 0 aliphatic heterocycles. The molecule has 0 bridgehead atoms. The Kier molecular flexibility index (Phi) is 6.08. The van der Waals surface area contributed by atoms with Gasteiger partial charge in [-0.1, -0.05) is 0 Å². The van der Waals surface area contributed by atoms with Gasteiger partial charge in [0, 0.05) is 18.9 Å². The average Bonchev–Trinajstić information content (AvgIpc) is 2.38. The van der Waals surface area contributed by atoms with Crippen molar-refractivity contribution in [1.29, 1.82) is 0 Å². The molecule has 1 rings (SSSR count). The lowest BCUT2D eigenvalue weighted by Crippen LogP contribution is -2.32. The molecule has 0 spiro atoms. The summed E-state index contributed by atoms with van der Waals surface area (Å²) >= 11 is 0. The first-order chi connectivity index (χ1) is 9.04. The van der Waals surface area contributed by atoms with Crippen molar-refractivity contribution in [3.63, 3.8) is 0 Å². The molecule has 0 saturated heterocycles. The summed E-state index contributed by atoms with van der Waals surface area (Å²) in [5, 5.41) is 6.03. The predicted octanol–water partition coefficient (Wildman–Crippen LogP) is 1.05. The zero-order valence-corrected chi connectivity index (χ0v) is 11.6. The smallest absolute Gasteiger partial charge is 0.222 e. The second-order valence-corrected chi connectivity index (χ2v) is 4.37. The Bertz CT molecular complexity index is 431. The minimum absolute atomic E-state index is 0.0510. The van der Waals surface area contributed by atoms with Crippen LogP contribution in [0.3, 0.4) is 0 Å². The van der Waals surface area contributed by atoms with Crippen LogP contribution < -0.4 is 10.6 Å². The van der Waals surface area contributed by atoms with Crippen molar-refractivity contribution in [3.8, 4) is 0 Å². The molecule has 1 unspecified atom stereocenters. The lowest BCUT2D eigenvalue weighted by Gasteiger charge is -2.12. The highest BCUT2D eigenvalue weighted by atomic mass is 16.1. The number of rotatable bonds is 8. The summed E-state index contributed by atoms with van der Waals surface area (Å²) in [4.78, 5) is 30.3. The zero-order valence-electron chi connectivity index (χ0n) is 11.6. The molecule has 0 aromatic carbocycles. The minimum Gasteiger partial charge on any atom is -0.354 e. The van der Waals surface area contributed by atoms with Crippen LogP contribution >= 0.6 is 0 Å². The minimum atomic E-state index is -0.0946. The maximum absolute atomic E-state index is 11.2. The van der Waals surface area contributed by atoms with Gasteiger partial charge in [-0.05, 0) is 33.7 Å². The molecule has 0 amide bonds. The molecule has 1 atom stereocenters. The van der Waals surface area contributed by atoms with Crippen LogP contribution in [0.5, 0.6) is 0 Å². The molecular weight excluding hydrogens is 244 g/mol. The Labute approximate surface area is 113 Å². The van der Waals surface area contributed by atoms with Crippen LogP contribution in [0, 0.1) is 0 Å². The third-order valence-electron chi connectivity index (χ3n) is 2.85. The highest BCUT2D eigenvalue weighted by molar-refractivity contribution is 5.93. The van der Waals surface area contributed by atoms with Crippen LogP contribution in [0.1, 0.15) is 37.0 Å². The summed E-state index contributed by atoms with van der Waals surface area (Å²) in [6, 6.07) is -0.0946. The number of aromatic nitrogens is 2. The molecule has 2 N–H and O–H groups in total. The van der Waals surface area contributed by atoms with Crippen LogP contribution in [0.25, 0.3) is 0 Å². The number of Topliss-reactive ketones (excluding diaryl/α,β-unsaturated/α-hetero) is 2. The largest absolute Gasteiger partial charge is 0.354 e. The topological polar surface area (TPSA) is 84.0 Å². The van der Waals surface area contributed by atoms with Gasteiger partial charge in [-0.2, -0.15) is 0 Å². The quantitative estimate of drug-likeness (QED) is 0.539. The van der Waals surface area contributed by atoms with Crippen molar-refractivity contribution in [2.45, 2.75) is 32.7 Å². The van der Waals surface area contributed by atoms with Crippen molar-refractivity contribution >= 4 is 17.5 Å². The van der Waals surface area contributed by atoms with E-state index in [1.807, 2.05) is 0 Å². The van der Waals surface area contributed by atoms with Gasteiger partial charge >= 0.3 is 0 Å². The van der Waals surface area contributed by atoms with Crippen molar-refractivity contribution in [2.75, 3.05) is 18.9 Å². The highest BCUT2D eigenvalue weighted by Crippen LogP contribution is 2.03. The van der Waals surface area contributed by atoms with Crippen molar-refractivity contribution < 1.29 is 9.59 Å². The molecule has 104 valence electrons. The van der Waals surface area contributed by atoms with Crippen LogP contribution in [0.2, 0.25) is 0 Å². The van der Waals surface area contributed by atoms with Gasteiger partial charge in [-0.15, -0.1) is 0 Å². The SMILES string of the molecule is CNC(CCCNc1ncc(C(C)=O)cn1)C(C)=O. The van der Waals surface area contributed by atoms with Gasteiger partial charge < -0.3 is 10.6 Å². The molecular formula is C13H20N4O2. The van der Waals surface area contributed by atoms with E-state index < -0.39 is 0 Å². The first-order valence-corrected chi connectivity index (χ1v) is 6.29. The Morgan fingerprint density at radius 1 is 1.26 bits per heavy atom. The van der Waals surface area contributed by atoms with E-state index in [1.54, 1.807) is 14.0 Å². The summed E-state index contributed by atoms with van der Waals surface area (Å²) in [6.45, 7) is 3.74. The number of likely N-dealkylation sites (N-methyl/N-ethyl adjacent to an activating group) is 1. The van der Waals surface area contributed by atoms with Gasteiger partial charge in [0.25, 0.3) is 0 Å². The molecule has 0 fully saturated rings. The lowest BCUT2D eigenvalue weighted by atomic mass is 10.1. The predicted molar refractivity (Wildman–Crippen MR) is 73.3 cm³/mol. The molecule has 1 aromatic rings. The fourth-order valence-corrected chi connectivity index (χ4v) is 1.66. The van der Waals surface area contributed by atoms with E-state index in [4.69, 9.17) is 0 Å². The van der Waals surface area contributed by atoms with Gasteiger partial charge in [-0.3, -0.25) is 9.59 Å². The van der Waals surface area contributed by atoms with Gasteiger partial charge in [0.1, 0.15) is 5.78 Å². The average molecular weight is 264 g/mol. The van der Waals surface area contributed by atoms with Crippen molar-refractivity contribution in [3.05, 3.63) is 18.0 Å².